The van der Waals surface area contributed by atoms with Crippen LogP contribution < -0.4 is 28.7 Å². The highest BCUT2D eigenvalue weighted by Crippen LogP contribution is 2.67. The number of nitro benzene ring substituents is 1. The number of alkyl halides is 1. The molecule has 1 unspecified atom stereocenters. The van der Waals surface area contributed by atoms with E-state index in [4.69, 9.17) is 39.2 Å². The van der Waals surface area contributed by atoms with Gasteiger partial charge < -0.3 is 19.9 Å². The average Bonchev–Trinajstić information content (AvgIpc) is 3.22. The highest BCUT2D eigenvalue weighted by molar-refractivity contribution is 8.00. The molecule has 2 aliphatic rings. The Morgan fingerprint density at radius 3 is 1.79 bits per heavy atom. The predicted octanol–water partition coefficient (Wildman–Crippen LogP) is 6.99. The summed E-state index contributed by atoms with van der Waals surface area (Å²) in [6.07, 6.45) is 0. The molecule has 1 N–H and O–H groups in total. The lowest BCUT2D eigenvalue weighted by molar-refractivity contribution is -0.384. The first-order chi connectivity index (χ1) is 27.6. The fourth-order valence-electron chi connectivity index (χ4n) is 5.70. The first kappa shape index (κ1) is 39.3. The number of halogens is 1. The molecule has 17 heteroatoms. The monoisotopic (exact) mass is 829 g/mol. The normalized spacial score (nSPS) is 19.6. The zero-order valence-electron chi connectivity index (χ0n) is 29.8. The molecule has 7 rings (SSSR count). The summed E-state index contributed by atoms with van der Waals surface area (Å²) in [5.41, 5.74) is -0.145. The fourth-order valence-corrected chi connectivity index (χ4v) is 9.58. The second-order valence-corrected chi connectivity index (χ2v) is 15.7. The number of para-hydroxylation sites is 4. The van der Waals surface area contributed by atoms with Crippen LogP contribution in [0.5, 0.6) is 23.0 Å². The molecule has 5 aromatic rings. The van der Waals surface area contributed by atoms with Crippen LogP contribution in [0.2, 0.25) is 0 Å². The Morgan fingerprint density at radius 2 is 1.30 bits per heavy atom. The van der Waals surface area contributed by atoms with E-state index in [0.29, 0.717) is 11.3 Å². The Hall–Kier alpha value is -5.99. The SMILES string of the molecule is O=C(COc1ccccc1)N[C@@H]1C(=O)N2/C(=C(/[O-])OCc3ccc([N+](=O)[O-])cc3)C(Cl)(O[P+](Oc3ccccc3)(Oc3ccccc3)Oc3ccccc3)CS[C@H]12. The summed E-state index contributed by atoms with van der Waals surface area (Å²) < 4.78 is 37.3. The van der Waals surface area contributed by atoms with Crippen LogP contribution in [0.3, 0.4) is 0 Å². The van der Waals surface area contributed by atoms with Gasteiger partial charge >= 0.3 is 8.17 Å². The predicted molar refractivity (Wildman–Crippen MR) is 210 cm³/mol. The molecule has 2 heterocycles. The van der Waals surface area contributed by atoms with Crippen molar-refractivity contribution in [3.63, 3.8) is 0 Å². The van der Waals surface area contributed by atoms with Crippen LogP contribution in [0, 0.1) is 10.1 Å². The maximum atomic E-state index is 14.3. The number of nitrogens with zero attached hydrogens (tertiary/aromatic N) is 2. The molecule has 0 spiro atoms. The van der Waals surface area contributed by atoms with Gasteiger partial charge in [-0.15, -0.1) is 16.3 Å². The van der Waals surface area contributed by atoms with Gasteiger partial charge in [0.2, 0.25) is 5.06 Å². The summed E-state index contributed by atoms with van der Waals surface area (Å²) in [5.74, 6) is -1.16. The van der Waals surface area contributed by atoms with E-state index in [-0.39, 0.29) is 41.9 Å². The molecule has 0 radical (unpaired) electrons. The summed E-state index contributed by atoms with van der Waals surface area (Å²) in [7, 11) is -4.24. The molecule has 0 aliphatic carbocycles. The summed E-state index contributed by atoms with van der Waals surface area (Å²) in [6.45, 7) is -0.703. The number of nitrogens with one attached hydrogen (secondary N) is 1. The summed E-state index contributed by atoms with van der Waals surface area (Å²) >= 11 is 8.56. The van der Waals surface area contributed by atoms with Crippen LogP contribution in [0.25, 0.3) is 0 Å². The molecular formula is C40H33ClN3O11PS. The molecule has 2 fully saturated rings. The molecule has 57 heavy (non-hydrogen) atoms. The minimum Gasteiger partial charge on any atom is -0.607 e. The molecule has 5 aromatic carbocycles. The minimum atomic E-state index is -4.24. The number of carbonyl (C=O) groups excluding carboxylic acids is 2. The molecule has 2 aliphatic heterocycles. The van der Waals surface area contributed by atoms with Crippen LogP contribution in [0.1, 0.15) is 5.56 Å². The maximum Gasteiger partial charge on any atom is 0.719 e. The lowest BCUT2D eigenvalue weighted by Gasteiger charge is -2.54. The largest absolute Gasteiger partial charge is 0.719 e. The summed E-state index contributed by atoms with van der Waals surface area (Å²) in [6, 6.07) is 38.8. The van der Waals surface area contributed by atoms with Gasteiger partial charge in [-0.05, 0) is 54.1 Å². The smallest absolute Gasteiger partial charge is 0.607 e. The van der Waals surface area contributed by atoms with E-state index in [1.54, 1.807) is 115 Å². The van der Waals surface area contributed by atoms with Gasteiger partial charge in [-0.2, -0.15) is 0 Å². The second kappa shape index (κ2) is 17.4. The highest BCUT2D eigenvalue weighted by atomic mass is 35.5. The third kappa shape index (κ3) is 9.35. The minimum absolute atomic E-state index is 0.149. The lowest BCUT2D eigenvalue weighted by atomic mass is 10.0. The molecule has 2 amide bonds. The molecule has 292 valence electrons. The van der Waals surface area contributed by atoms with Crippen molar-refractivity contribution in [3.05, 3.63) is 173 Å². The van der Waals surface area contributed by atoms with Crippen LogP contribution in [0.15, 0.2) is 157 Å². The Balaban J connectivity index is 1.24. The van der Waals surface area contributed by atoms with Crippen LogP contribution in [-0.4, -0.2) is 50.5 Å². The zero-order valence-corrected chi connectivity index (χ0v) is 32.2. The standard InChI is InChI=1S/C40H33ClN3O11PS/c41-40(55-56(52-31-15-7-2-8-16-31,53-32-17-9-3-10-18-32)54-33-19-11-4-12-20-33)27-57-38-35(42-34(45)26-50-30-13-5-1-6-14-30)37(46)43(38)36(40)39(47)51-25-28-21-23-29(24-22-28)44(48)49/h1-24,35,38H,25-27H2,(H-,42,45,47)/b39-36-/t35-,38-,40?/m1/s1. The number of carbonyl (C=O) groups is 2. The molecule has 2 saturated heterocycles. The summed E-state index contributed by atoms with van der Waals surface area (Å²) in [4.78, 5) is 38.7. The second-order valence-electron chi connectivity index (χ2n) is 12.4. The van der Waals surface area contributed by atoms with Gasteiger partial charge in [0.1, 0.15) is 17.2 Å². The third-order valence-corrected chi connectivity index (χ3v) is 12.2. The Kier molecular flexibility index (Phi) is 12.0. The van der Waals surface area contributed by atoms with Gasteiger partial charge in [0, 0.05) is 24.5 Å². The van der Waals surface area contributed by atoms with E-state index in [0.717, 1.165) is 16.7 Å². The highest BCUT2D eigenvalue weighted by Gasteiger charge is 2.67. The van der Waals surface area contributed by atoms with Gasteiger partial charge in [-0.1, -0.05) is 96.5 Å². The van der Waals surface area contributed by atoms with Crippen molar-refractivity contribution in [2.75, 3.05) is 12.4 Å². The van der Waals surface area contributed by atoms with Crippen molar-refractivity contribution >= 4 is 49.0 Å². The topological polar surface area (TPSA) is 171 Å². The lowest BCUT2D eigenvalue weighted by Crippen LogP contribution is -2.73. The van der Waals surface area contributed by atoms with Crippen molar-refractivity contribution in [2.24, 2.45) is 0 Å². The number of nitro groups is 1. The Bertz CT molecular complexity index is 2110. The van der Waals surface area contributed by atoms with Crippen LogP contribution in [0.4, 0.5) is 5.69 Å². The molecule has 3 atom stereocenters. The number of benzene rings is 5. The van der Waals surface area contributed by atoms with Gasteiger partial charge in [-0.25, -0.2) is 13.6 Å². The Morgan fingerprint density at radius 1 is 0.807 bits per heavy atom. The van der Waals surface area contributed by atoms with E-state index >= 15 is 0 Å². The number of ether oxygens (including phenoxy) is 2. The number of thioether (sulfide) groups is 1. The van der Waals surface area contributed by atoms with Gasteiger partial charge in [0.15, 0.2) is 23.9 Å². The first-order valence-corrected chi connectivity index (χ1v) is 20.2. The van der Waals surface area contributed by atoms with E-state index in [9.17, 15) is 24.8 Å². The van der Waals surface area contributed by atoms with Crippen molar-refractivity contribution < 1.29 is 47.2 Å². The first-order valence-electron chi connectivity index (χ1n) is 17.3. The number of non-ortho nitro benzene ring substituents is 1. The van der Waals surface area contributed by atoms with E-state index < -0.39 is 53.0 Å². The average molecular weight is 830 g/mol. The maximum absolute atomic E-state index is 14.3. The molecule has 0 aromatic heterocycles. The van der Waals surface area contributed by atoms with E-state index in [2.05, 4.69) is 5.32 Å². The molecular weight excluding hydrogens is 797 g/mol. The number of amides is 2. The zero-order chi connectivity index (χ0) is 39.8. The quantitative estimate of drug-likeness (QED) is 0.0271. The van der Waals surface area contributed by atoms with Crippen molar-refractivity contribution in [2.45, 2.75) is 23.1 Å². The van der Waals surface area contributed by atoms with Crippen molar-refractivity contribution in [1.29, 1.82) is 0 Å². The Labute approximate surface area is 336 Å². The fraction of sp³-hybridized carbons (Fsp3) is 0.150. The number of hydrogen-bond acceptors (Lipinski definition) is 12. The van der Waals surface area contributed by atoms with Crippen molar-refractivity contribution in [3.8, 4) is 23.0 Å². The van der Waals surface area contributed by atoms with Gasteiger partial charge in [-0.3, -0.25) is 24.6 Å². The van der Waals surface area contributed by atoms with Crippen LogP contribution >= 0.6 is 31.5 Å². The molecule has 0 saturated carbocycles. The van der Waals surface area contributed by atoms with Crippen molar-refractivity contribution in [1.82, 2.24) is 10.2 Å². The summed E-state index contributed by atoms with van der Waals surface area (Å²) in [5, 5.41) is 25.2. The van der Waals surface area contributed by atoms with E-state index in [1.807, 2.05) is 6.07 Å². The van der Waals surface area contributed by atoms with Gasteiger partial charge in [0.05, 0.1) is 16.6 Å². The number of rotatable bonds is 16. The molecule has 0 bridgehead atoms. The number of fused-ring (bicyclic) bond motifs is 1. The van der Waals surface area contributed by atoms with E-state index in [1.165, 1.54) is 24.3 Å². The number of β-lactam (4-membered cyclic amide) rings is 1. The number of hydrogen-bond donors (Lipinski definition) is 1. The molecule has 14 nitrogen and oxygen atoms in total. The van der Waals surface area contributed by atoms with Crippen LogP contribution in [-0.2, 0) is 25.5 Å². The van der Waals surface area contributed by atoms with Gasteiger partial charge in [0.25, 0.3) is 17.5 Å². The third-order valence-electron chi connectivity index (χ3n) is 8.36.